The number of hydrogen-bond acceptors (Lipinski definition) is 6. The highest BCUT2D eigenvalue weighted by molar-refractivity contribution is 7.89. The SMILES string of the molecule is C[C@H]1CCc2c(C(=O)OCC(=O)Nc3cccc(S(N)(=O)=O)c3)csc2C1. The lowest BCUT2D eigenvalue weighted by Crippen LogP contribution is -2.22. The third-order valence-electron chi connectivity index (χ3n) is 4.40. The molecule has 1 aromatic carbocycles. The number of esters is 1. The van der Waals surface area contributed by atoms with Gasteiger partial charge in [0.05, 0.1) is 10.5 Å². The van der Waals surface area contributed by atoms with Crippen molar-refractivity contribution in [2.75, 3.05) is 11.9 Å². The van der Waals surface area contributed by atoms with Crippen LogP contribution in [-0.2, 0) is 32.4 Å². The molecule has 7 nitrogen and oxygen atoms in total. The number of fused-ring (bicyclic) bond motifs is 1. The molecule has 1 heterocycles. The van der Waals surface area contributed by atoms with Gasteiger partial charge in [-0.2, -0.15) is 0 Å². The van der Waals surface area contributed by atoms with Gasteiger partial charge in [-0.15, -0.1) is 11.3 Å². The average molecular weight is 409 g/mol. The van der Waals surface area contributed by atoms with E-state index in [4.69, 9.17) is 9.88 Å². The molecular weight excluding hydrogens is 388 g/mol. The molecule has 9 heteroatoms. The number of hydrogen-bond donors (Lipinski definition) is 2. The lowest BCUT2D eigenvalue weighted by Gasteiger charge is -2.18. The second-order valence-electron chi connectivity index (χ2n) is 6.60. The number of primary sulfonamides is 1. The number of carbonyl (C=O) groups is 2. The van der Waals surface area contributed by atoms with Crippen molar-refractivity contribution in [2.45, 2.75) is 31.1 Å². The summed E-state index contributed by atoms with van der Waals surface area (Å²) in [6.45, 7) is 1.73. The molecule has 0 spiro atoms. The predicted molar refractivity (Wildman–Crippen MR) is 102 cm³/mol. The van der Waals surface area contributed by atoms with Crippen LogP contribution in [0.4, 0.5) is 5.69 Å². The minimum atomic E-state index is -3.86. The van der Waals surface area contributed by atoms with Gasteiger partial charge in [0.2, 0.25) is 10.0 Å². The van der Waals surface area contributed by atoms with Crippen LogP contribution in [0.15, 0.2) is 34.5 Å². The molecule has 0 aliphatic heterocycles. The van der Waals surface area contributed by atoms with E-state index in [1.807, 2.05) is 0 Å². The Hall–Kier alpha value is -2.23. The number of carbonyl (C=O) groups excluding carboxylic acids is 2. The number of thiophene rings is 1. The molecule has 3 N–H and O–H groups in total. The van der Waals surface area contributed by atoms with Gasteiger partial charge in [0.15, 0.2) is 6.61 Å². The Kier molecular flexibility index (Phi) is 5.64. The molecule has 1 aliphatic carbocycles. The summed E-state index contributed by atoms with van der Waals surface area (Å²) in [6, 6.07) is 5.54. The maximum absolute atomic E-state index is 12.3. The zero-order valence-electron chi connectivity index (χ0n) is 14.7. The molecule has 1 atom stereocenters. The number of nitrogens with two attached hydrogens (primary N) is 1. The van der Waals surface area contributed by atoms with Crippen molar-refractivity contribution in [2.24, 2.45) is 11.1 Å². The molecule has 0 saturated heterocycles. The van der Waals surface area contributed by atoms with E-state index >= 15 is 0 Å². The average Bonchev–Trinajstić information content (AvgIpc) is 3.02. The smallest absolute Gasteiger partial charge is 0.339 e. The number of anilines is 1. The fourth-order valence-electron chi connectivity index (χ4n) is 3.01. The van der Waals surface area contributed by atoms with Crippen LogP contribution >= 0.6 is 11.3 Å². The molecule has 0 bridgehead atoms. The van der Waals surface area contributed by atoms with E-state index in [0.717, 1.165) is 24.8 Å². The van der Waals surface area contributed by atoms with Gasteiger partial charge in [0.25, 0.3) is 5.91 Å². The van der Waals surface area contributed by atoms with Crippen LogP contribution in [0.3, 0.4) is 0 Å². The van der Waals surface area contributed by atoms with Crippen molar-refractivity contribution >= 4 is 38.9 Å². The van der Waals surface area contributed by atoms with Gasteiger partial charge in [0, 0.05) is 15.9 Å². The summed E-state index contributed by atoms with van der Waals surface area (Å²) in [4.78, 5) is 25.4. The first-order valence-corrected chi connectivity index (χ1v) is 10.9. The van der Waals surface area contributed by atoms with Crippen LogP contribution in [-0.4, -0.2) is 26.9 Å². The molecule has 1 aromatic heterocycles. The minimum absolute atomic E-state index is 0.114. The molecule has 2 aromatic rings. The quantitative estimate of drug-likeness (QED) is 0.737. The van der Waals surface area contributed by atoms with Crippen molar-refractivity contribution in [1.82, 2.24) is 0 Å². The lowest BCUT2D eigenvalue weighted by molar-refractivity contribution is -0.119. The fourth-order valence-corrected chi connectivity index (χ4v) is 4.80. The number of amides is 1. The van der Waals surface area contributed by atoms with Gasteiger partial charge in [-0.1, -0.05) is 13.0 Å². The second-order valence-corrected chi connectivity index (χ2v) is 9.12. The zero-order valence-corrected chi connectivity index (χ0v) is 16.4. The van der Waals surface area contributed by atoms with Crippen molar-refractivity contribution < 1.29 is 22.7 Å². The normalized spacial score (nSPS) is 16.4. The number of rotatable bonds is 5. The first kappa shape index (κ1) is 19.5. The van der Waals surface area contributed by atoms with Crippen molar-refractivity contribution in [3.63, 3.8) is 0 Å². The third-order valence-corrected chi connectivity index (χ3v) is 6.36. The number of ether oxygens (including phenoxy) is 1. The zero-order chi connectivity index (χ0) is 19.6. The standard InChI is InChI=1S/C18H20N2O5S2/c1-11-5-6-14-15(10-26-16(14)7-11)18(22)25-9-17(21)20-12-3-2-4-13(8-12)27(19,23)24/h2-4,8,10-11H,5-7,9H2,1H3,(H,20,21)(H2,19,23,24)/t11-/m0/s1. The van der Waals surface area contributed by atoms with E-state index in [2.05, 4.69) is 12.2 Å². The molecular formula is C18H20N2O5S2. The van der Waals surface area contributed by atoms with E-state index in [1.165, 1.54) is 29.1 Å². The van der Waals surface area contributed by atoms with Gasteiger partial charge in [-0.05, 0) is 48.9 Å². The highest BCUT2D eigenvalue weighted by Crippen LogP contribution is 2.33. The largest absolute Gasteiger partial charge is 0.452 e. The van der Waals surface area contributed by atoms with Crippen LogP contribution < -0.4 is 10.5 Å². The van der Waals surface area contributed by atoms with Crippen LogP contribution in [0, 0.1) is 5.92 Å². The monoisotopic (exact) mass is 408 g/mol. The summed E-state index contributed by atoms with van der Waals surface area (Å²) in [5.41, 5.74) is 1.82. The number of nitrogens with one attached hydrogen (secondary N) is 1. The number of sulfonamides is 1. The first-order chi connectivity index (χ1) is 12.7. The Balaban J connectivity index is 1.59. The van der Waals surface area contributed by atoms with Crippen LogP contribution in [0.25, 0.3) is 0 Å². The molecule has 0 radical (unpaired) electrons. The summed E-state index contributed by atoms with van der Waals surface area (Å²) in [7, 11) is -3.86. The van der Waals surface area contributed by atoms with Gasteiger partial charge in [-0.3, -0.25) is 4.79 Å². The Bertz CT molecular complexity index is 981. The second kappa shape index (κ2) is 7.79. The highest BCUT2D eigenvalue weighted by atomic mass is 32.2. The molecule has 1 aliphatic rings. The first-order valence-electron chi connectivity index (χ1n) is 8.43. The summed E-state index contributed by atoms with van der Waals surface area (Å²) in [6.07, 6.45) is 2.84. The summed E-state index contributed by atoms with van der Waals surface area (Å²) in [5, 5.41) is 9.34. The molecule has 0 saturated carbocycles. The van der Waals surface area contributed by atoms with Crippen molar-refractivity contribution in [3.05, 3.63) is 45.6 Å². The van der Waals surface area contributed by atoms with Crippen LogP contribution in [0.2, 0.25) is 0 Å². The third kappa shape index (κ3) is 4.74. The van der Waals surface area contributed by atoms with E-state index < -0.39 is 28.5 Å². The molecule has 27 heavy (non-hydrogen) atoms. The fraction of sp³-hybridized carbons (Fsp3) is 0.333. The topological polar surface area (TPSA) is 116 Å². The Morgan fingerprint density at radius 2 is 2.15 bits per heavy atom. The lowest BCUT2D eigenvalue weighted by atomic mass is 9.88. The maximum atomic E-state index is 12.3. The molecule has 3 rings (SSSR count). The van der Waals surface area contributed by atoms with E-state index in [9.17, 15) is 18.0 Å². The Labute approximate surface area is 161 Å². The van der Waals surface area contributed by atoms with E-state index in [0.29, 0.717) is 11.5 Å². The summed E-state index contributed by atoms with van der Waals surface area (Å²) < 4.78 is 27.8. The van der Waals surface area contributed by atoms with Gasteiger partial charge >= 0.3 is 5.97 Å². The van der Waals surface area contributed by atoms with Crippen molar-refractivity contribution in [3.8, 4) is 0 Å². The maximum Gasteiger partial charge on any atom is 0.339 e. The predicted octanol–water partition coefficient (Wildman–Crippen LogP) is 2.32. The Morgan fingerprint density at radius 1 is 1.37 bits per heavy atom. The van der Waals surface area contributed by atoms with Gasteiger partial charge < -0.3 is 10.1 Å². The van der Waals surface area contributed by atoms with Gasteiger partial charge in [0.1, 0.15) is 0 Å². The highest BCUT2D eigenvalue weighted by Gasteiger charge is 2.24. The van der Waals surface area contributed by atoms with E-state index in [1.54, 1.807) is 16.7 Å². The van der Waals surface area contributed by atoms with Gasteiger partial charge in [-0.25, -0.2) is 18.4 Å². The Morgan fingerprint density at radius 3 is 2.89 bits per heavy atom. The molecule has 0 fully saturated rings. The molecule has 0 unspecified atom stereocenters. The van der Waals surface area contributed by atoms with Crippen LogP contribution in [0.5, 0.6) is 0 Å². The van der Waals surface area contributed by atoms with Crippen LogP contribution in [0.1, 0.15) is 34.1 Å². The van der Waals surface area contributed by atoms with Crippen molar-refractivity contribution in [1.29, 1.82) is 0 Å². The summed E-state index contributed by atoms with van der Waals surface area (Å²) >= 11 is 1.55. The number of benzene rings is 1. The van der Waals surface area contributed by atoms with E-state index in [-0.39, 0.29) is 10.6 Å². The molecule has 144 valence electrons. The minimum Gasteiger partial charge on any atom is -0.452 e. The molecule has 1 amide bonds. The summed E-state index contributed by atoms with van der Waals surface area (Å²) in [5.74, 6) is -0.470.